The minimum atomic E-state index is 0.00237. The van der Waals surface area contributed by atoms with Crippen LogP contribution in [0.5, 0.6) is 0 Å². The van der Waals surface area contributed by atoms with Crippen LogP contribution in [0.15, 0.2) is 0 Å². The van der Waals surface area contributed by atoms with Crippen LogP contribution >= 0.6 is 15.9 Å². The predicted molar refractivity (Wildman–Crippen MR) is 57.9 cm³/mol. The highest BCUT2D eigenvalue weighted by molar-refractivity contribution is 9.09. The number of rotatable bonds is 4. The fourth-order valence-corrected chi connectivity index (χ4v) is 0.981. The molecule has 0 spiro atoms. The summed E-state index contributed by atoms with van der Waals surface area (Å²) in [6.07, 6.45) is 1.11. The minimum absolute atomic E-state index is 0.00237. The first-order chi connectivity index (χ1) is 5.27. The van der Waals surface area contributed by atoms with E-state index in [1.807, 2.05) is 0 Å². The van der Waals surface area contributed by atoms with Crippen molar-refractivity contribution < 1.29 is 4.74 Å². The lowest BCUT2D eigenvalue weighted by atomic mass is 9.93. The van der Waals surface area contributed by atoms with Crippen LogP contribution in [0.2, 0.25) is 0 Å². The molecule has 0 radical (unpaired) electrons. The van der Waals surface area contributed by atoms with E-state index in [2.05, 4.69) is 50.5 Å². The van der Waals surface area contributed by atoms with Crippen LogP contribution in [0, 0.1) is 5.41 Å². The molecule has 74 valence electrons. The Bertz CT molecular complexity index is 124. The summed E-state index contributed by atoms with van der Waals surface area (Å²) in [4.78, 5) is 0. The molecule has 0 aromatic carbocycles. The van der Waals surface area contributed by atoms with Crippen molar-refractivity contribution in [2.75, 3.05) is 11.9 Å². The van der Waals surface area contributed by atoms with Gasteiger partial charge in [-0.2, -0.15) is 0 Å². The normalized spacial score (nSPS) is 13.5. The van der Waals surface area contributed by atoms with E-state index in [1.165, 1.54) is 0 Å². The maximum Gasteiger partial charge on any atom is 0.0598 e. The van der Waals surface area contributed by atoms with E-state index in [0.29, 0.717) is 5.41 Å². The average molecular weight is 237 g/mol. The second-order valence-corrected chi connectivity index (χ2v) is 5.57. The molecule has 12 heavy (non-hydrogen) atoms. The smallest absolute Gasteiger partial charge is 0.0598 e. The zero-order valence-corrected chi connectivity index (χ0v) is 10.5. The number of halogens is 1. The van der Waals surface area contributed by atoms with Gasteiger partial charge in [-0.05, 0) is 32.6 Å². The van der Waals surface area contributed by atoms with Crippen LogP contribution in [-0.2, 0) is 4.74 Å². The van der Waals surface area contributed by atoms with Gasteiger partial charge in [0.25, 0.3) is 0 Å². The highest BCUT2D eigenvalue weighted by atomic mass is 79.9. The zero-order chi connectivity index (χ0) is 9.83. The van der Waals surface area contributed by atoms with Crippen molar-refractivity contribution in [1.82, 2.24) is 0 Å². The van der Waals surface area contributed by atoms with Crippen molar-refractivity contribution in [3.63, 3.8) is 0 Å². The predicted octanol–water partition coefficient (Wildman–Crippen LogP) is 3.61. The number of alkyl halides is 1. The molecule has 0 heterocycles. The second-order valence-electron chi connectivity index (χ2n) is 5.01. The van der Waals surface area contributed by atoms with Gasteiger partial charge in [-0.15, -0.1) is 0 Å². The molecule has 1 nitrogen and oxygen atoms in total. The fraction of sp³-hybridized carbons (Fsp3) is 1.00. The van der Waals surface area contributed by atoms with Gasteiger partial charge in [0.15, 0.2) is 0 Å². The van der Waals surface area contributed by atoms with Crippen molar-refractivity contribution in [1.29, 1.82) is 0 Å². The molecule has 0 rings (SSSR count). The maximum absolute atomic E-state index is 5.65. The molecule has 0 aliphatic carbocycles. The Labute approximate surface area is 85.0 Å². The molecule has 0 saturated carbocycles. The molecular formula is C10H21BrO. The Morgan fingerprint density at radius 1 is 1.08 bits per heavy atom. The van der Waals surface area contributed by atoms with E-state index < -0.39 is 0 Å². The topological polar surface area (TPSA) is 9.23 Å². The van der Waals surface area contributed by atoms with Crippen molar-refractivity contribution in [3.8, 4) is 0 Å². The third kappa shape index (κ3) is 7.11. The Balaban J connectivity index is 3.57. The summed E-state index contributed by atoms with van der Waals surface area (Å²) in [5, 5.41) is 1.04. The molecule has 2 heteroatoms. The molecule has 0 bridgehead atoms. The molecule has 0 N–H and O–H groups in total. The second kappa shape index (κ2) is 4.61. The third-order valence-corrected chi connectivity index (χ3v) is 3.19. The standard InChI is InChI=1S/C10H21BrO/c1-9(2,3)12-7-6-10(4,5)8-11/h6-8H2,1-5H3. The summed E-state index contributed by atoms with van der Waals surface area (Å²) in [6.45, 7) is 11.6. The van der Waals surface area contributed by atoms with E-state index >= 15 is 0 Å². The molecule has 0 unspecified atom stereocenters. The summed E-state index contributed by atoms with van der Waals surface area (Å²) >= 11 is 3.50. The molecule has 0 aromatic heterocycles. The van der Waals surface area contributed by atoms with Crippen molar-refractivity contribution in [2.24, 2.45) is 5.41 Å². The van der Waals surface area contributed by atoms with Crippen LogP contribution in [0.4, 0.5) is 0 Å². The van der Waals surface area contributed by atoms with Crippen molar-refractivity contribution in [2.45, 2.75) is 46.6 Å². The lowest BCUT2D eigenvalue weighted by Crippen LogP contribution is -2.23. The Morgan fingerprint density at radius 2 is 1.58 bits per heavy atom. The van der Waals surface area contributed by atoms with E-state index in [9.17, 15) is 0 Å². The van der Waals surface area contributed by atoms with E-state index in [0.717, 1.165) is 18.4 Å². The van der Waals surface area contributed by atoms with Gasteiger partial charge in [-0.3, -0.25) is 0 Å². The highest BCUT2D eigenvalue weighted by Crippen LogP contribution is 2.23. The monoisotopic (exact) mass is 236 g/mol. The summed E-state index contributed by atoms with van der Waals surface area (Å²) in [6, 6.07) is 0. The van der Waals surface area contributed by atoms with Gasteiger partial charge < -0.3 is 4.74 Å². The lowest BCUT2D eigenvalue weighted by Gasteiger charge is -2.25. The fourth-order valence-electron chi connectivity index (χ4n) is 0.700. The van der Waals surface area contributed by atoms with Crippen LogP contribution < -0.4 is 0 Å². The highest BCUT2D eigenvalue weighted by Gasteiger charge is 2.17. The minimum Gasteiger partial charge on any atom is -0.376 e. The van der Waals surface area contributed by atoms with Gasteiger partial charge in [-0.1, -0.05) is 29.8 Å². The van der Waals surface area contributed by atoms with Crippen molar-refractivity contribution >= 4 is 15.9 Å². The van der Waals surface area contributed by atoms with Crippen LogP contribution in [0.3, 0.4) is 0 Å². The Hall–Kier alpha value is 0.440. The van der Waals surface area contributed by atoms with Gasteiger partial charge >= 0.3 is 0 Å². The van der Waals surface area contributed by atoms with Gasteiger partial charge in [0, 0.05) is 11.9 Å². The first kappa shape index (κ1) is 12.4. The third-order valence-electron chi connectivity index (χ3n) is 1.68. The molecule has 0 aromatic rings. The van der Waals surface area contributed by atoms with E-state index in [-0.39, 0.29) is 5.60 Å². The Kier molecular flexibility index (Phi) is 4.78. The SMILES string of the molecule is CC(C)(CBr)CCOC(C)(C)C. The zero-order valence-electron chi connectivity index (χ0n) is 8.91. The van der Waals surface area contributed by atoms with Crippen LogP contribution in [0.25, 0.3) is 0 Å². The Morgan fingerprint density at radius 3 is 1.92 bits per heavy atom. The quantitative estimate of drug-likeness (QED) is 0.678. The molecule has 0 fully saturated rings. The molecule has 0 aliphatic heterocycles. The first-order valence-corrected chi connectivity index (χ1v) is 5.59. The average Bonchev–Trinajstić information content (AvgIpc) is 1.84. The first-order valence-electron chi connectivity index (χ1n) is 4.47. The number of ether oxygens (including phenoxy) is 1. The van der Waals surface area contributed by atoms with Gasteiger partial charge in [0.05, 0.1) is 5.60 Å². The van der Waals surface area contributed by atoms with Gasteiger partial charge in [0.2, 0.25) is 0 Å². The van der Waals surface area contributed by atoms with E-state index in [1.54, 1.807) is 0 Å². The molecule has 0 atom stereocenters. The summed E-state index contributed by atoms with van der Waals surface area (Å²) in [5.74, 6) is 0. The van der Waals surface area contributed by atoms with E-state index in [4.69, 9.17) is 4.74 Å². The molecule has 0 saturated heterocycles. The molecule has 0 aliphatic rings. The lowest BCUT2D eigenvalue weighted by molar-refractivity contribution is -0.0134. The van der Waals surface area contributed by atoms with Crippen LogP contribution in [0.1, 0.15) is 41.0 Å². The summed E-state index contributed by atoms with van der Waals surface area (Å²) < 4.78 is 5.65. The van der Waals surface area contributed by atoms with Crippen molar-refractivity contribution in [3.05, 3.63) is 0 Å². The van der Waals surface area contributed by atoms with Gasteiger partial charge in [-0.25, -0.2) is 0 Å². The largest absolute Gasteiger partial charge is 0.376 e. The summed E-state index contributed by atoms with van der Waals surface area (Å²) in [5.41, 5.74) is 0.355. The van der Waals surface area contributed by atoms with Crippen LogP contribution in [-0.4, -0.2) is 17.5 Å². The summed E-state index contributed by atoms with van der Waals surface area (Å²) in [7, 11) is 0. The maximum atomic E-state index is 5.65. The molecular weight excluding hydrogens is 216 g/mol. The van der Waals surface area contributed by atoms with Gasteiger partial charge in [0.1, 0.15) is 0 Å². The molecule has 0 amide bonds. The number of hydrogen-bond donors (Lipinski definition) is 0. The number of hydrogen-bond acceptors (Lipinski definition) is 1.